The highest BCUT2D eigenvalue weighted by atomic mass is 32.2. The van der Waals surface area contributed by atoms with E-state index in [2.05, 4.69) is 5.32 Å². The minimum absolute atomic E-state index is 0.118. The lowest BCUT2D eigenvalue weighted by molar-refractivity contribution is 0.444. The number of hydrogen-bond acceptors (Lipinski definition) is 3. The zero-order valence-corrected chi connectivity index (χ0v) is 11.5. The molecule has 0 unspecified atom stereocenters. The summed E-state index contributed by atoms with van der Waals surface area (Å²) < 4.78 is 37.3. The fourth-order valence-corrected chi connectivity index (χ4v) is 3.50. The largest absolute Gasteiger partial charge is 0.317 e. The minimum atomic E-state index is -3.29. The van der Waals surface area contributed by atoms with E-state index in [1.807, 2.05) is 0 Å². The predicted octanol–water partition coefficient (Wildman–Crippen LogP) is 2.00. The molecule has 100 valence electrons. The molecule has 3 nitrogen and oxygen atoms in total. The zero-order valence-electron chi connectivity index (χ0n) is 10.7. The van der Waals surface area contributed by atoms with Gasteiger partial charge in [-0.05, 0) is 62.0 Å². The van der Waals surface area contributed by atoms with E-state index in [1.54, 1.807) is 6.92 Å². The molecule has 1 saturated heterocycles. The number of halogens is 1. The van der Waals surface area contributed by atoms with Gasteiger partial charge in [0.15, 0.2) is 9.84 Å². The van der Waals surface area contributed by atoms with Crippen LogP contribution in [-0.2, 0) is 9.84 Å². The molecule has 1 fully saturated rings. The molecule has 1 aliphatic rings. The molecule has 0 atom stereocenters. The van der Waals surface area contributed by atoms with Gasteiger partial charge in [-0.1, -0.05) is 0 Å². The van der Waals surface area contributed by atoms with Crippen molar-refractivity contribution in [2.75, 3.05) is 19.3 Å². The van der Waals surface area contributed by atoms with Gasteiger partial charge in [0, 0.05) is 6.26 Å². The molecule has 0 amide bonds. The van der Waals surface area contributed by atoms with Gasteiger partial charge in [-0.15, -0.1) is 0 Å². The fourth-order valence-electron chi connectivity index (χ4n) is 2.51. The van der Waals surface area contributed by atoms with Gasteiger partial charge in [0.2, 0.25) is 0 Å². The molecule has 1 aromatic rings. The molecule has 5 heteroatoms. The summed E-state index contributed by atoms with van der Waals surface area (Å²) in [5.41, 5.74) is 1.02. The summed E-state index contributed by atoms with van der Waals surface area (Å²) in [4.78, 5) is 0.248. The Morgan fingerprint density at radius 2 is 1.89 bits per heavy atom. The Morgan fingerprint density at radius 1 is 1.28 bits per heavy atom. The standard InChI is InChI=1S/C13H18FNO2S/c1-9-7-12(14)11(8-13(9)18(2,16)17)10-3-5-15-6-4-10/h7-8,10,15H,3-6H2,1-2H3. The molecule has 0 radical (unpaired) electrons. The second-order valence-electron chi connectivity index (χ2n) is 4.94. The lowest BCUT2D eigenvalue weighted by atomic mass is 9.89. The maximum Gasteiger partial charge on any atom is 0.175 e. The van der Waals surface area contributed by atoms with Crippen molar-refractivity contribution in [1.82, 2.24) is 5.32 Å². The van der Waals surface area contributed by atoms with Crippen LogP contribution < -0.4 is 5.32 Å². The summed E-state index contributed by atoms with van der Waals surface area (Å²) in [5.74, 6) is -0.167. The first kappa shape index (κ1) is 13.5. The molecule has 0 bridgehead atoms. The number of rotatable bonds is 2. The van der Waals surface area contributed by atoms with Crippen LogP contribution in [0.5, 0.6) is 0 Å². The van der Waals surface area contributed by atoms with Gasteiger partial charge >= 0.3 is 0 Å². The lowest BCUT2D eigenvalue weighted by Gasteiger charge is -2.24. The number of benzene rings is 1. The van der Waals surface area contributed by atoms with Crippen molar-refractivity contribution in [3.05, 3.63) is 29.1 Å². The van der Waals surface area contributed by atoms with Crippen LogP contribution in [0.15, 0.2) is 17.0 Å². The van der Waals surface area contributed by atoms with Crippen LogP contribution in [0.1, 0.15) is 29.9 Å². The van der Waals surface area contributed by atoms with Gasteiger partial charge in [-0.2, -0.15) is 0 Å². The first-order valence-corrected chi connectivity index (χ1v) is 7.99. The van der Waals surface area contributed by atoms with Crippen LogP contribution in [-0.4, -0.2) is 27.8 Å². The first-order chi connectivity index (χ1) is 8.39. The van der Waals surface area contributed by atoms with Crippen LogP contribution in [0.4, 0.5) is 4.39 Å². The van der Waals surface area contributed by atoms with Crippen molar-refractivity contribution < 1.29 is 12.8 Å². The number of nitrogens with one attached hydrogen (secondary N) is 1. The van der Waals surface area contributed by atoms with E-state index in [0.717, 1.165) is 25.9 Å². The highest BCUT2D eigenvalue weighted by molar-refractivity contribution is 7.90. The van der Waals surface area contributed by atoms with E-state index in [1.165, 1.54) is 18.4 Å². The monoisotopic (exact) mass is 271 g/mol. The number of sulfone groups is 1. The Hall–Kier alpha value is -0.940. The summed E-state index contributed by atoms with van der Waals surface area (Å²) in [7, 11) is -3.29. The Bertz CT molecular complexity index is 548. The molecular weight excluding hydrogens is 253 g/mol. The van der Waals surface area contributed by atoms with E-state index in [4.69, 9.17) is 0 Å². The Morgan fingerprint density at radius 3 is 2.44 bits per heavy atom. The van der Waals surface area contributed by atoms with Gasteiger partial charge in [-0.3, -0.25) is 0 Å². The summed E-state index contributed by atoms with van der Waals surface area (Å²) in [6.07, 6.45) is 2.87. The van der Waals surface area contributed by atoms with E-state index in [-0.39, 0.29) is 16.6 Å². The second-order valence-corrected chi connectivity index (χ2v) is 6.92. The van der Waals surface area contributed by atoms with Gasteiger partial charge < -0.3 is 5.32 Å². The zero-order chi connectivity index (χ0) is 13.3. The van der Waals surface area contributed by atoms with E-state index < -0.39 is 9.84 Å². The summed E-state index contributed by atoms with van der Waals surface area (Å²) in [6.45, 7) is 3.34. The Labute approximate surface area is 107 Å². The van der Waals surface area contributed by atoms with Crippen molar-refractivity contribution >= 4 is 9.84 Å². The van der Waals surface area contributed by atoms with Gasteiger partial charge in [-0.25, -0.2) is 12.8 Å². The molecule has 1 aliphatic heterocycles. The normalized spacial score (nSPS) is 17.9. The molecule has 0 aromatic heterocycles. The van der Waals surface area contributed by atoms with Crippen LogP contribution in [0.25, 0.3) is 0 Å². The third-order valence-corrected chi connectivity index (χ3v) is 4.71. The Kier molecular flexibility index (Phi) is 3.73. The molecule has 0 spiro atoms. The summed E-state index contributed by atoms with van der Waals surface area (Å²) in [5, 5.41) is 3.22. The molecule has 18 heavy (non-hydrogen) atoms. The SMILES string of the molecule is Cc1cc(F)c(C2CCNCC2)cc1S(C)(=O)=O. The molecular formula is C13H18FNO2S. The first-order valence-electron chi connectivity index (χ1n) is 6.10. The average molecular weight is 271 g/mol. The third kappa shape index (κ3) is 2.72. The predicted molar refractivity (Wildman–Crippen MR) is 69.1 cm³/mol. The van der Waals surface area contributed by atoms with Gasteiger partial charge in [0.05, 0.1) is 4.90 Å². The van der Waals surface area contributed by atoms with E-state index >= 15 is 0 Å². The lowest BCUT2D eigenvalue weighted by Crippen LogP contribution is -2.27. The number of hydrogen-bond donors (Lipinski definition) is 1. The highest BCUT2D eigenvalue weighted by Gasteiger charge is 2.22. The summed E-state index contributed by atoms with van der Waals surface area (Å²) in [6, 6.07) is 2.86. The second kappa shape index (κ2) is 4.97. The Balaban J connectivity index is 2.47. The molecule has 0 aliphatic carbocycles. The minimum Gasteiger partial charge on any atom is -0.317 e. The quantitative estimate of drug-likeness (QED) is 0.837. The van der Waals surface area contributed by atoms with Crippen molar-refractivity contribution in [3.8, 4) is 0 Å². The van der Waals surface area contributed by atoms with Crippen molar-refractivity contribution in [2.24, 2.45) is 0 Å². The van der Waals surface area contributed by atoms with Crippen molar-refractivity contribution in [2.45, 2.75) is 30.6 Å². The molecule has 2 rings (SSSR count). The fraction of sp³-hybridized carbons (Fsp3) is 0.538. The maximum absolute atomic E-state index is 14.0. The number of piperidine rings is 1. The average Bonchev–Trinajstić information content (AvgIpc) is 2.28. The topological polar surface area (TPSA) is 46.2 Å². The smallest absolute Gasteiger partial charge is 0.175 e. The van der Waals surface area contributed by atoms with Crippen LogP contribution in [0.3, 0.4) is 0 Å². The summed E-state index contributed by atoms with van der Waals surface area (Å²) >= 11 is 0. The third-order valence-electron chi connectivity index (χ3n) is 3.47. The number of aryl methyl sites for hydroxylation is 1. The van der Waals surface area contributed by atoms with Crippen LogP contribution in [0, 0.1) is 12.7 Å². The van der Waals surface area contributed by atoms with Crippen molar-refractivity contribution in [1.29, 1.82) is 0 Å². The van der Waals surface area contributed by atoms with Crippen LogP contribution in [0.2, 0.25) is 0 Å². The maximum atomic E-state index is 14.0. The van der Waals surface area contributed by atoms with Gasteiger partial charge in [0.1, 0.15) is 5.82 Å². The van der Waals surface area contributed by atoms with E-state index in [0.29, 0.717) is 11.1 Å². The molecule has 1 N–H and O–H groups in total. The van der Waals surface area contributed by atoms with E-state index in [9.17, 15) is 12.8 Å². The molecule has 1 heterocycles. The molecule has 0 saturated carbocycles. The molecule has 1 aromatic carbocycles. The van der Waals surface area contributed by atoms with Crippen molar-refractivity contribution in [3.63, 3.8) is 0 Å². The van der Waals surface area contributed by atoms with Crippen LogP contribution >= 0.6 is 0 Å². The van der Waals surface area contributed by atoms with Gasteiger partial charge in [0.25, 0.3) is 0 Å². The highest BCUT2D eigenvalue weighted by Crippen LogP contribution is 2.30.